The summed E-state index contributed by atoms with van der Waals surface area (Å²) in [7, 11) is 0. The van der Waals surface area contributed by atoms with Gasteiger partial charge in [-0.05, 0) is 31.2 Å². The zero-order valence-corrected chi connectivity index (χ0v) is 18.0. The number of carbonyl (C=O) groups is 3. The second-order valence-corrected chi connectivity index (χ2v) is 7.94. The average Bonchev–Trinajstić information content (AvgIpc) is 2.75. The number of imide groups is 1. The zero-order chi connectivity index (χ0) is 22.9. The van der Waals surface area contributed by atoms with E-state index in [1.807, 2.05) is 30.3 Å². The monoisotopic (exact) mass is 431 g/mol. The van der Waals surface area contributed by atoms with Crippen LogP contribution in [0.5, 0.6) is 0 Å². The van der Waals surface area contributed by atoms with Gasteiger partial charge < -0.3 is 16.6 Å². The third-order valence-electron chi connectivity index (χ3n) is 5.64. The van der Waals surface area contributed by atoms with Gasteiger partial charge >= 0.3 is 5.97 Å². The second kappa shape index (κ2) is 11.5. The highest BCUT2D eigenvalue weighted by atomic mass is 16.4. The second-order valence-electron chi connectivity index (χ2n) is 7.94. The molecule has 0 heterocycles. The number of guanidine groups is 1. The van der Waals surface area contributed by atoms with Crippen LogP contribution < -0.4 is 16.8 Å². The van der Waals surface area contributed by atoms with Crippen molar-refractivity contribution in [3.63, 3.8) is 0 Å². The average molecular weight is 432 g/mol. The first-order valence-electron chi connectivity index (χ1n) is 10.7. The number of nitrogens with two attached hydrogens (primary N) is 2. The van der Waals surface area contributed by atoms with Gasteiger partial charge in [0, 0.05) is 25.9 Å². The Labute approximate surface area is 182 Å². The van der Waals surface area contributed by atoms with Gasteiger partial charge in [-0.3, -0.25) is 24.8 Å². The first kappa shape index (κ1) is 24.3. The van der Waals surface area contributed by atoms with E-state index in [2.05, 4.69) is 10.3 Å². The van der Waals surface area contributed by atoms with E-state index >= 15 is 0 Å². The van der Waals surface area contributed by atoms with Crippen LogP contribution in [0.4, 0.5) is 0 Å². The normalized spacial score (nSPS) is 16.2. The van der Waals surface area contributed by atoms with Gasteiger partial charge in [-0.1, -0.05) is 49.6 Å². The quantitative estimate of drug-likeness (QED) is 0.190. The minimum absolute atomic E-state index is 0.0238. The molecule has 1 aliphatic carbocycles. The zero-order valence-electron chi connectivity index (χ0n) is 18.0. The maximum Gasteiger partial charge on any atom is 0.345 e. The van der Waals surface area contributed by atoms with Crippen molar-refractivity contribution in [1.82, 2.24) is 10.2 Å². The number of carboxylic acids is 1. The highest BCUT2D eigenvalue weighted by molar-refractivity contribution is 6.01. The molecule has 31 heavy (non-hydrogen) atoms. The Morgan fingerprint density at radius 1 is 1.16 bits per heavy atom. The van der Waals surface area contributed by atoms with Gasteiger partial charge in [-0.15, -0.1) is 0 Å². The van der Waals surface area contributed by atoms with Crippen molar-refractivity contribution in [3.8, 4) is 0 Å². The van der Waals surface area contributed by atoms with E-state index in [0.29, 0.717) is 12.8 Å². The Morgan fingerprint density at radius 2 is 1.81 bits per heavy atom. The number of aliphatic imine (C=N–C) groups is 1. The number of rotatable bonds is 10. The Morgan fingerprint density at radius 3 is 2.35 bits per heavy atom. The van der Waals surface area contributed by atoms with Crippen molar-refractivity contribution in [2.45, 2.75) is 64.1 Å². The smallest absolute Gasteiger partial charge is 0.345 e. The molecule has 1 fully saturated rings. The van der Waals surface area contributed by atoms with Crippen LogP contribution in [0.1, 0.15) is 57.4 Å². The highest BCUT2D eigenvalue weighted by Gasteiger charge is 2.49. The largest absolute Gasteiger partial charge is 0.478 e. The predicted octanol–water partition coefficient (Wildman–Crippen LogP) is 1.57. The highest BCUT2D eigenvalue weighted by Crippen LogP contribution is 2.30. The van der Waals surface area contributed by atoms with Crippen molar-refractivity contribution >= 4 is 23.7 Å². The number of carboxylic acid groups (broad SMARTS) is 1. The van der Waals surface area contributed by atoms with Gasteiger partial charge in [0.05, 0.1) is 0 Å². The molecule has 2 rings (SSSR count). The van der Waals surface area contributed by atoms with Crippen LogP contribution >= 0.6 is 0 Å². The lowest BCUT2D eigenvalue weighted by atomic mass is 9.87. The number of nitrogens with one attached hydrogen (secondary N) is 1. The van der Waals surface area contributed by atoms with E-state index in [0.717, 1.165) is 29.7 Å². The summed E-state index contributed by atoms with van der Waals surface area (Å²) in [6, 6.07) is 9.24. The lowest BCUT2D eigenvalue weighted by Gasteiger charge is -2.41. The first-order chi connectivity index (χ1) is 14.8. The Hall–Kier alpha value is -2.94. The number of carbonyl (C=O) groups excluding carboxylic acids is 2. The number of aliphatic carboxylic acids is 1. The van der Waals surface area contributed by atoms with Crippen molar-refractivity contribution in [1.29, 1.82) is 0 Å². The fourth-order valence-electron chi connectivity index (χ4n) is 4.09. The van der Waals surface area contributed by atoms with Crippen molar-refractivity contribution in [2.24, 2.45) is 22.4 Å². The van der Waals surface area contributed by atoms with E-state index in [1.54, 1.807) is 0 Å². The fourth-order valence-corrected chi connectivity index (χ4v) is 4.09. The number of nitrogens with zero attached hydrogens (tertiary/aromatic N) is 2. The predicted molar refractivity (Wildman–Crippen MR) is 118 cm³/mol. The van der Waals surface area contributed by atoms with Crippen molar-refractivity contribution in [2.75, 3.05) is 6.54 Å². The number of hydrogen-bond donors (Lipinski definition) is 4. The van der Waals surface area contributed by atoms with Gasteiger partial charge in [0.15, 0.2) is 11.6 Å². The van der Waals surface area contributed by atoms with Gasteiger partial charge in [0.2, 0.25) is 11.8 Å². The maximum atomic E-state index is 13.4. The maximum absolute atomic E-state index is 13.4. The molecule has 6 N–H and O–H groups in total. The lowest BCUT2D eigenvalue weighted by molar-refractivity contribution is -0.171. The SMILES string of the molecule is CC(=O)N(C(=O)C1CCCCC1)[C@](CCCN=C(N)N)(NCc1ccccc1)C(=O)O. The van der Waals surface area contributed by atoms with E-state index in [9.17, 15) is 19.5 Å². The molecule has 1 aromatic carbocycles. The molecular formula is C22H33N5O4. The van der Waals surface area contributed by atoms with Crippen LogP contribution in [0, 0.1) is 5.92 Å². The molecule has 9 nitrogen and oxygen atoms in total. The lowest BCUT2D eigenvalue weighted by Crippen LogP contribution is -2.67. The topological polar surface area (TPSA) is 151 Å². The molecular weight excluding hydrogens is 398 g/mol. The van der Waals surface area contributed by atoms with Crippen LogP contribution in [0.2, 0.25) is 0 Å². The molecule has 0 aliphatic heterocycles. The Bertz CT molecular complexity index is 788. The number of hydrogen-bond acceptors (Lipinski definition) is 5. The van der Waals surface area contributed by atoms with Crippen LogP contribution in [-0.2, 0) is 20.9 Å². The van der Waals surface area contributed by atoms with Gasteiger partial charge in [-0.2, -0.15) is 0 Å². The minimum atomic E-state index is -1.89. The van der Waals surface area contributed by atoms with Gasteiger partial charge in [-0.25, -0.2) is 4.79 Å². The number of benzene rings is 1. The Kier molecular flexibility index (Phi) is 8.99. The standard InChI is InChI=1S/C22H33N5O4/c1-16(28)27(19(29)18-11-6-3-7-12-18)22(20(30)31,13-8-14-25-21(23)24)26-15-17-9-4-2-5-10-17/h2,4-5,9-10,18,26H,3,6-8,11-15H2,1H3,(H,30,31)(H4,23,24,25)/t22-/m0/s1. The number of amides is 2. The Balaban J connectivity index is 2.38. The third kappa shape index (κ3) is 6.52. The molecule has 9 heteroatoms. The summed E-state index contributed by atoms with van der Waals surface area (Å²) in [6.07, 6.45) is 4.39. The summed E-state index contributed by atoms with van der Waals surface area (Å²) < 4.78 is 0. The summed E-state index contributed by atoms with van der Waals surface area (Å²) in [5.74, 6) is -2.77. The van der Waals surface area contributed by atoms with E-state index in [4.69, 9.17) is 11.5 Å². The molecule has 0 spiro atoms. The molecule has 0 unspecified atom stereocenters. The molecule has 170 valence electrons. The first-order valence-corrected chi connectivity index (χ1v) is 10.7. The molecule has 1 aliphatic rings. The summed E-state index contributed by atoms with van der Waals surface area (Å²) in [4.78, 5) is 43.5. The molecule has 0 aromatic heterocycles. The molecule has 0 saturated heterocycles. The molecule has 0 radical (unpaired) electrons. The molecule has 0 bridgehead atoms. The summed E-state index contributed by atoms with van der Waals surface area (Å²) in [5, 5.41) is 13.3. The summed E-state index contributed by atoms with van der Waals surface area (Å²) in [5.41, 5.74) is 9.68. The third-order valence-corrected chi connectivity index (χ3v) is 5.64. The van der Waals surface area contributed by atoms with E-state index < -0.39 is 23.4 Å². The van der Waals surface area contributed by atoms with Gasteiger partial charge in [0.1, 0.15) is 0 Å². The van der Waals surface area contributed by atoms with Crippen LogP contribution in [0.25, 0.3) is 0 Å². The molecule has 2 amide bonds. The molecule has 1 atom stereocenters. The van der Waals surface area contributed by atoms with Crippen molar-refractivity contribution in [3.05, 3.63) is 35.9 Å². The summed E-state index contributed by atoms with van der Waals surface area (Å²) in [6.45, 7) is 1.60. The minimum Gasteiger partial charge on any atom is -0.478 e. The van der Waals surface area contributed by atoms with Gasteiger partial charge in [0.25, 0.3) is 0 Å². The van der Waals surface area contributed by atoms with Crippen LogP contribution in [0.3, 0.4) is 0 Å². The van der Waals surface area contributed by atoms with Crippen molar-refractivity contribution < 1.29 is 19.5 Å². The van der Waals surface area contributed by atoms with E-state index in [-0.39, 0.29) is 37.8 Å². The van der Waals surface area contributed by atoms with Crippen LogP contribution in [0.15, 0.2) is 35.3 Å². The molecule has 1 saturated carbocycles. The van der Waals surface area contributed by atoms with E-state index in [1.165, 1.54) is 6.92 Å². The molecule has 1 aromatic rings. The van der Waals surface area contributed by atoms with Crippen LogP contribution in [-0.4, -0.2) is 46.0 Å². The summed E-state index contributed by atoms with van der Waals surface area (Å²) >= 11 is 0. The fraction of sp³-hybridized carbons (Fsp3) is 0.545.